The van der Waals surface area contributed by atoms with E-state index in [-0.39, 0.29) is 5.38 Å². The molecular formula is C17H21ClS. The van der Waals surface area contributed by atoms with Gasteiger partial charge in [-0.3, -0.25) is 0 Å². The Labute approximate surface area is 124 Å². The summed E-state index contributed by atoms with van der Waals surface area (Å²) in [5, 5.41) is 3.85. The highest BCUT2D eigenvalue weighted by Gasteiger charge is 2.23. The first kappa shape index (κ1) is 13.5. The zero-order valence-corrected chi connectivity index (χ0v) is 12.8. The molecule has 0 aliphatic heterocycles. The predicted molar refractivity (Wildman–Crippen MR) is 86.2 cm³/mol. The lowest BCUT2D eigenvalue weighted by atomic mass is 9.86. The van der Waals surface area contributed by atoms with E-state index in [0.29, 0.717) is 5.92 Å². The summed E-state index contributed by atoms with van der Waals surface area (Å²) >= 11 is 8.67. The van der Waals surface area contributed by atoms with Gasteiger partial charge >= 0.3 is 0 Å². The van der Waals surface area contributed by atoms with Crippen molar-refractivity contribution in [1.82, 2.24) is 0 Å². The van der Waals surface area contributed by atoms with E-state index in [1.807, 2.05) is 11.3 Å². The topological polar surface area (TPSA) is 0 Å². The average Bonchev–Trinajstić information content (AvgIpc) is 2.81. The van der Waals surface area contributed by atoms with Gasteiger partial charge in [-0.05, 0) is 41.2 Å². The molecular weight excluding hydrogens is 272 g/mol. The molecule has 0 spiro atoms. The molecule has 2 heteroatoms. The number of benzene rings is 1. The maximum Gasteiger partial charge on any atom is 0.0627 e. The van der Waals surface area contributed by atoms with E-state index in [2.05, 4.69) is 29.6 Å². The molecule has 19 heavy (non-hydrogen) atoms. The minimum absolute atomic E-state index is 0.203. The molecule has 1 atom stereocenters. The fourth-order valence-corrected chi connectivity index (χ4v) is 4.75. The number of hydrogen-bond donors (Lipinski definition) is 0. The third-order valence-corrected chi connectivity index (χ3v) is 5.94. The predicted octanol–water partition coefficient (Wildman–Crippen LogP) is 6.54. The summed E-state index contributed by atoms with van der Waals surface area (Å²) in [5.74, 6) is 0.667. The lowest BCUT2D eigenvalue weighted by Crippen LogP contribution is -2.10. The van der Waals surface area contributed by atoms with Crippen molar-refractivity contribution in [2.45, 2.75) is 50.3 Å². The van der Waals surface area contributed by atoms with Crippen molar-refractivity contribution in [1.29, 1.82) is 0 Å². The SMILES string of the molecule is ClC(c1csc2ccccc12)C1CCCCCCC1. The summed E-state index contributed by atoms with van der Waals surface area (Å²) < 4.78 is 1.37. The Hall–Kier alpha value is -0.530. The van der Waals surface area contributed by atoms with Crippen LogP contribution in [0.1, 0.15) is 55.9 Å². The van der Waals surface area contributed by atoms with Crippen LogP contribution in [0.5, 0.6) is 0 Å². The Morgan fingerprint density at radius 1 is 1.00 bits per heavy atom. The molecule has 1 unspecified atom stereocenters. The number of alkyl halides is 1. The zero-order valence-electron chi connectivity index (χ0n) is 11.3. The van der Waals surface area contributed by atoms with E-state index in [9.17, 15) is 0 Å². The highest BCUT2D eigenvalue weighted by Crippen LogP contribution is 2.42. The Bertz CT molecular complexity index is 523. The molecule has 0 radical (unpaired) electrons. The second-order valence-electron chi connectivity index (χ2n) is 5.69. The van der Waals surface area contributed by atoms with Gasteiger partial charge in [0.05, 0.1) is 5.38 Å². The third kappa shape index (κ3) is 2.98. The molecule has 0 nitrogen and oxygen atoms in total. The lowest BCUT2D eigenvalue weighted by molar-refractivity contribution is 0.369. The summed E-state index contributed by atoms with van der Waals surface area (Å²) in [5.41, 5.74) is 1.37. The van der Waals surface area contributed by atoms with Gasteiger partial charge in [0, 0.05) is 4.70 Å². The molecule has 1 aliphatic carbocycles. The van der Waals surface area contributed by atoms with E-state index in [0.717, 1.165) is 0 Å². The Balaban J connectivity index is 1.83. The molecule has 0 saturated heterocycles. The Kier molecular flexibility index (Phi) is 4.45. The fraction of sp³-hybridized carbons (Fsp3) is 0.529. The van der Waals surface area contributed by atoms with Crippen molar-refractivity contribution < 1.29 is 0 Å². The van der Waals surface area contributed by atoms with Crippen molar-refractivity contribution in [2.75, 3.05) is 0 Å². The summed E-state index contributed by atoms with van der Waals surface area (Å²) in [6.07, 6.45) is 9.53. The van der Waals surface area contributed by atoms with Gasteiger partial charge in [-0.1, -0.05) is 50.3 Å². The number of halogens is 1. The summed E-state index contributed by atoms with van der Waals surface area (Å²) in [6, 6.07) is 8.66. The van der Waals surface area contributed by atoms with E-state index in [1.165, 1.54) is 60.6 Å². The standard InChI is InChI=1S/C17H21ClS/c18-17(13-8-4-2-1-3-5-9-13)15-12-19-16-11-7-6-10-14(15)16/h6-7,10-13,17H,1-5,8-9H2. The van der Waals surface area contributed by atoms with Crippen LogP contribution in [0.2, 0.25) is 0 Å². The van der Waals surface area contributed by atoms with Gasteiger partial charge in [-0.15, -0.1) is 22.9 Å². The van der Waals surface area contributed by atoms with Crippen molar-refractivity contribution in [3.63, 3.8) is 0 Å². The van der Waals surface area contributed by atoms with Crippen LogP contribution >= 0.6 is 22.9 Å². The van der Waals surface area contributed by atoms with E-state index in [4.69, 9.17) is 11.6 Å². The number of rotatable bonds is 2. The van der Waals surface area contributed by atoms with Crippen molar-refractivity contribution >= 4 is 33.0 Å². The third-order valence-electron chi connectivity index (χ3n) is 4.37. The van der Waals surface area contributed by atoms with Crippen LogP contribution in [0.4, 0.5) is 0 Å². The van der Waals surface area contributed by atoms with Gasteiger partial charge in [0.1, 0.15) is 0 Å². The molecule has 1 aromatic heterocycles. The van der Waals surface area contributed by atoms with Crippen LogP contribution in [0, 0.1) is 5.92 Å². The summed E-state index contributed by atoms with van der Waals surface area (Å²) in [7, 11) is 0. The van der Waals surface area contributed by atoms with Gasteiger partial charge in [0.15, 0.2) is 0 Å². The number of fused-ring (bicyclic) bond motifs is 1. The molecule has 1 aromatic carbocycles. The number of hydrogen-bond acceptors (Lipinski definition) is 1. The molecule has 1 fully saturated rings. The molecule has 0 N–H and O–H groups in total. The van der Waals surface area contributed by atoms with Gasteiger partial charge in [-0.2, -0.15) is 0 Å². The highest BCUT2D eigenvalue weighted by atomic mass is 35.5. The minimum Gasteiger partial charge on any atom is -0.143 e. The lowest BCUT2D eigenvalue weighted by Gasteiger charge is -2.24. The minimum atomic E-state index is 0.203. The van der Waals surface area contributed by atoms with Crippen LogP contribution < -0.4 is 0 Å². The van der Waals surface area contributed by atoms with Crippen molar-refractivity contribution in [2.24, 2.45) is 5.92 Å². The number of thiophene rings is 1. The first-order valence-electron chi connectivity index (χ1n) is 7.46. The Morgan fingerprint density at radius 3 is 2.47 bits per heavy atom. The van der Waals surface area contributed by atoms with E-state index in [1.54, 1.807) is 0 Å². The smallest absolute Gasteiger partial charge is 0.0627 e. The Morgan fingerprint density at radius 2 is 1.68 bits per heavy atom. The van der Waals surface area contributed by atoms with E-state index < -0.39 is 0 Å². The first-order chi connectivity index (χ1) is 9.36. The summed E-state index contributed by atoms with van der Waals surface area (Å²) in [4.78, 5) is 0. The normalized spacial score (nSPS) is 20.1. The fourth-order valence-electron chi connectivity index (χ4n) is 3.25. The van der Waals surface area contributed by atoms with Gasteiger partial charge in [-0.25, -0.2) is 0 Å². The van der Waals surface area contributed by atoms with Crippen LogP contribution in [0.25, 0.3) is 10.1 Å². The van der Waals surface area contributed by atoms with Gasteiger partial charge in [0.25, 0.3) is 0 Å². The van der Waals surface area contributed by atoms with Gasteiger partial charge in [0.2, 0.25) is 0 Å². The zero-order chi connectivity index (χ0) is 13.1. The van der Waals surface area contributed by atoms with Crippen molar-refractivity contribution in [3.05, 3.63) is 35.2 Å². The van der Waals surface area contributed by atoms with Crippen LogP contribution in [0.3, 0.4) is 0 Å². The molecule has 0 amide bonds. The highest BCUT2D eigenvalue weighted by molar-refractivity contribution is 7.17. The average molecular weight is 293 g/mol. The van der Waals surface area contributed by atoms with Crippen molar-refractivity contribution in [3.8, 4) is 0 Å². The maximum absolute atomic E-state index is 6.84. The van der Waals surface area contributed by atoms with E-state index >= 15 is 0 Å². The molecule has 3 rings (SSSR count). The molecule has 1 heterocycles. The second-order valence-corrected chi connectivity index (χ2v) is 7.08. The quantitative estimate of drug-likeness (QED) is 0.551. The summed E-state index contributed by atoms with van der Waals surface area (Å²) in [6.45, 7) is 0. The van der Waals surface area contributed by atoms with Crippen LogP contribution in [-0.2, 0) is 0 Å². The molecule has 102 valence electrons. The maximum atomic E-state index is 6.84. The molecule has 0 bridgehead atoms. The van der Waals surface area contributed by atoms with Crippen LogP contribution in [0.15, 0.2) is 29.6 Å². The van der Waals surface area contributed by atoms with Crippen LogP contribution in [-0.4, -0.2) is 0 Å². The monoisotopic (exact) mass is 292 g/mol. The second kappa shape index (κ2) is 6.28. The van der Waals surface area contributed by atoms with Gasteiger partial charge < -0.3 is 0 Å². The molecule has 1 saturated carbocycles. The first-order valence-corrected chi connectivity index (χ1v) is 8.78. The molecule has 2 aromatic rings. The molecule has 1 aliphatic rings. The largest absolute Gasteiger partial charge is 0.143 e.